The second-order valence-electron chi connectivity index (χ2n) is 4.74. The summed E-state index contributed by atoms with van der Waals surface area (Å²) in [7, 11) is 0. The molecule has 0 aliphatic carbocycles. The quantitative estimate of drug-likeness (QED) is 0.573. The normalized spacial score (nSPS) is 10.9. The lowest BCUT2D eigenvalue weighted by atomic mass is 10.1. The Morgan fingerprint density at radius 3 is 2.50 bits per heavy atom. The Hall–Kier alpha value is -2.49. The molecule has 114 valence electrons. The van der Waals surface area contributed by atoms with Gasteiger partial charge in [0.25, 0.3) is 0 Å². The molecule has 0 bridgehead atoms. The van der Waals surface area contributed by atoms with Crippen LogP contribution < -0.4 is 4.74 Å². The van der Waals surface area contributed by atoms with Crippen LogP contribution in [-0.2, 0) is 0 Å². The third-order valence-electron chi connectivity index (χ3n) is 2.98. The minimum atomic E-state index is -0.863. The molecule has 0 N–H and O–H groups in total. The van der Waals surface area contributed by atoms with E-state index in [0.717, 1.165) is 29.9 Å². The van der Waals surface area contributed by atoms with Crippen LogP contribution in [0.25, 0.3) is 6.08 Å². The molecule has 0 saturated heterocycles. The smallest absolute Gasteiger partial charge is 0.188 e. The Kier molecular flexibility index (Phi) is 5.42. The number of hydrogen-bond acceptors (Lipinski definition) is 2. The summed E-state index contributed by atoms with van der Waals surface area (Å²) in [6, 6.07) is 10.1. The molecule has 2 nitrogen and oxygen atoms in total. The highest BCUT2D eigenvalue weighted by Crippen LogP contribution is 2.15. The number of allylic oxidation sites excluding steroid dienone is 1. The fourth-order valence-corrected chi connectivity index (χ4v) is 1.85. The molecule has 0 spiro atoms. The summed E-state index contributed by atoms with van der Waals surface area (Å²) in [5.74, 6) is -1.32. The fraction of sp³-hybridized carbons (Fsp3) is 0.167. The summed E-state index contributed by atoms with van der Waals surface area (Å²) in [6.45, 7) is 2.68. The van der Waals surface area contributed by atoms with Gasteiger partial charge in [0, 0.05) is 6.07 Å². The van der Waals surface area contributed by atoms with E-state index in [1.54, 1.807) is 30.3 Å². The van der Waals surface area contributed by atoms with Crippen LogP contribution in [0.2, 0.25) is 0 Å². The highest BCUT2D eigenvalue weighted by atomic mass is 19.1. The van der Waals surface area contributed by atoms with Gasteiger partial charge in [-0.15, -0.1) is 0 Å². The Morgan fingerprint density at radius 1 is 1.14 bits per heavy atom. The summed E-state index contributed by atoms with van der Waals surface area (Å²) in [5, 5.41) is 0. The molecule has 0 radical (unpaired) electrons. The van der Waals surface area contributed by atoms with E-state index in [2.05, 4.69) is 0 Å². The number of ether oxygens (including phenoxy) is 1. The molecule has 4 heteroatoms. The molecule has 0 atom stereocenters. The van der Waals surface area contributed by atoms with Gasteiger partial charge in [0.2, 0.25) is 0 Å². The van der Waals surface area contributed by atoms with Crippen LogP contribution >= 0.6 is 0 Å². The molecule has 0 saturated carbocycles. The number of rotatable bonds is 6. The standard InChI is InChI=1S/C18H16F2O2/c1-2-11-22-15-7-3-13(4-8-15)5-10-18(21)16-9-6-14(19)12-17(16)20/h3-10,12H,2,11H2,1H3/b10-5+. The van der Waals surface area contributed by atoms with Crippen molar-refractivity contribution in [2.75, 3.05) is 6.61 Å². The maximum Gasteiger partial charge on any atom is 0.188 e. The third kappa shape index (κ3) is 4.25. The minimum absolute atomic E-state index is 0.152. The van der Waals surface area contributed by atoms with Crippen LogP contribution in [0.4, 0.5) is 8.78 Å². The van der Waals surface area contributed by atoms with Gasteiger partial charge < -0.3 is 4.74 Å². The molecular formula is C18H16F2O2. The maximum absolute atomic E-state index is 13.5. The molecule has 0 aliphatic rings. The van der Waals surface area contributed by atoms with E-state index in [0.29, 0.717) is 12.7 Å². The Bertz CT molecular complexity index is 676. The molecule has 0 amide bonds. The van der Waals surface area contributed by atoms with Crippen molar-refractivity contribution in [3.05, 3.63) is 71.3 Å². The highest BCUT2D eigenvalue weighted by Gasteiger charge is 2.09. The number of carbonyl (C=O) groups excluding carboxylic acids is 1. The van der Waals surface area contributed by atoms with Gasteiger partial charge in [-0.05, 0) is 42.3 Å². The lowest BCUT2D eigenvalue weighted by molar-refractivity contribution is 0.104. The molecule has 2 rings (SSSR count). The average molecular weight is 302 g/mol. The van der Waals surface area contributed by atoms with Crippen molar-refractivity contribution in [1.82, 2.24) is 0 Å². The Morgan fingerprint density at radius 2 is 1.86 bits per heavy atom. The van der Waals surface area contributed by atoms with Gasteiger partial charge in [-0.3, -0.25) is 4.79 Å². The zero-order chi connectivity index (χ0) is 15.9. The number of benzene rings is 2. The van der Waals surface area contributed by atoms with Gasteiger partial charge in [-0.25, -0.2) is 8.78 Å². The largest absolute Gasteiger partial charge is 0.494 e. The van der Waals surface area contributed by atoms with Crippen molar-refractivity contribution in [1.29, 1.82) is 0 Å². The molecule has 0 aromatic heterocycles. The van der Waals surface area contributed by atoms with E-state index in [4.69, 9.17) is 4.74 Å². The molecule has 0 aliphatic heterocycles. The number of ketones is 1. The van der Waals surface area contributed by atoms with Crippen molar-refractivity contribution in [3.63, 3.8) is 0 Å². The minimum Gasteiger partial charge on any atom is -0.494 e. The highest BCUT2D eigenvalue weighted by molar-refractivity contribution is 6.06. The van der Waals surface area contributed by atoms with E-state index in [1.165, 1.54) is 6.08 Å². The zero-order valence-electron chi connectivity index (χ0n) is 12.2. The third-order valence-corrected chi connectivity index (χ3v) is 2.98. The second kappa shape index (κ2) is 7.50. The van der Waals surface area contributed by atoms with Crippen LogP contribution in [0.15, 0.2) is 48.5 Å². The van der Waals surface area contributed by atoms with Gasteiger partial charge in [-0.1, -0.05) is 25.1 Å². The summed E-state index contributed by atoms with van der Waals surface area (Å²) in [4.78, 5) is 11.9. The number of halogens is 2. The summed E-state index contributed by atoms with van der Waals surface area (Å²) in [5.41, 5.74) is 0.639. The van der Waals surface area contributed by atoms with Gasteiger partial charge in [0.15, 0.2) is 5.78 Å². The zero-order valence-corrected chi connectivity index (χ0v) is 12.2. The van der Waals surface area contributed by atoms with Gasteiger partial charge >= 0.3 is 0 Å². The van der Waals surface area contributed by atoms with E-state index in [1.807, 2.05) is 6.92 Å². The fourth-order valence-electron chi connectivity index (χ4n) is 1.85. The second-order valence-corrected chi connectivity index (χ2v) is 4.74. The first kappa shape index (κ1) is 15.9. The maximum atomic E-state index is 13.5. The Balaban J connectivity index is 2.06. The van der Waals surface area contributed by atoms with Gasteiger partial charge in [0.1, 0.15) is 17.4 Å². The molecule has 0 fully saturated rings. The molecular weight excluding hydrogens is 286 g/mol. The topological polar surface area (TPSA) is 26.3 Å². The molecule has 2 aromatic rings. The predicted molar refractivity (Wildman–Crippen MR) is 82.0 cm³/mol. The van der Waals surface area contributed by atoms with Crippen LogP contribution in [0.1, 0.15) is 29.3 Å². The van der Waals surface area contributed by atoms with Crippen LogP contribution in [-0.4, -0.2) is 12.4 Å². The number of hydrogen-bond donors (Lipinski definition) is 0. The van der Waals surface area contributed by atoms with Crippen LogP contribution in [0, 0.1) is 11.6 Å². The molecule has 0 heterocycles. The van der Waals surface area contributed by atoms with Gasteiger partial charge in [-0.2, -0.15) is 0 Å². The molecule has 0 unspecified atom stereocenters. The number of carbonyl (C=O) groups is 1. The first-order valence-corrected chi connectivity index (χ1v) is 7.00. The van der Waals surface area contributed by atoms with Crippen molar-refractivity contribution < 1.29 is 18.3 Å². The lowest BCUT2D eigenvalue weighted by Crippen LogP contribution is -1.99. The summed E-state index contributed by atoms with van der Waals surface area (Å²) in [6.07, 6.45) is 3.77. The predicted octanol–water partition coefficient (Wildman–Crippen LogP) is 4.65. The van der Waals surface area contributed by atoms with Crippen molar-refractivity contribution in [3.8, 4) is 5.75 Å². The van der Waals surface area contributed by atoms with E-state index in [-0.39, 0.29) is 5.56 Å². The first-order chi connectivity index (χ1) is 10.6. The summed E-state index contributed by atoms with van der Waals surface area (Å²) >= 11 is 0. The first-order valence-electron chi connectivity index (χ1n) is 7.00. The summed E-state index contributed by atoms with van der Waals surface area (Å²) < 4.78 is 31.7. The average Bonchev–Trinajstić information content (AvgIpc) is 2.51. The molecule has 22 heavy (non-hydrogen) atoms. The van der Waals surface area contributed by atoms with Gasteiger partial charge in [0.05, 0.1) is 12.2 Å². The van der Waals surface area contributed by atoms with E-state index < -0.39 is 17.4 Å². The van der Waals surface area contributed by atoms with Crippen LogP contribution in [0.5, 0.6) is 5.75 Å². The SMILES string of the molecule is CCCOc1ccc(/C=C/C(=O)c2ccc(F)cc2F)cc1. The van der Waals surface area contributed by atoms with Crippen molar-refractivity contribution in [2.45, 2.75) is 13.3 Å². The lowest BCUT2D eigenvalue weighted by Gasteiger charge is -2.04. The van der Waals surface area contributed by atoms with Crippen LogP contribution in [0.3, 0.4) is 0 Å². The van der Waals surface area contributed by atoms with Crippen molar-refractivity contribution >= 4 is 11.9 Å². The van der Waals surface area contributed by atoms with Crippen molar-refractivity contribution in [2.24, 2.45) is 0 Å². The Labute approximate surface area is 128 Å². The van der Waals surface area contributed by atoms with E-state index in [9.17, 15) is 13.6 Å². The monoisotopic (exact) mass is 302 g/mol. The molecule has 2 aromatic carbocycles. The van der Waals surface area contributed by atoms with E-state index >= 15 is 0 Å².